The SMILES string of the molecule is [2H]C([2H])([2H])c1c[n+](C)c(-c2c(C)ccc3c2Cc2cnccc2-3)cc1C([2H])(C)C. The molecule has 0 N–H and O–H groups in total. The maximum atomic E-state index is 8.57. The van der Waals surface area contributed by atoms with Crippen LogP contribution in [0.15, 0.2) is 42.9 Å². The lowest BCUT2D eigenvalue weighted by Crippen LogP contribution is -2.32. The van der Waals surface area contributed by atoms with Crippen LogP contribution in [0.2, 0.25) is 0 Å². The van der Waals surface area contributed by atoms with Gasteiger partial charge in [0.25, 0.3) is 0 Å². The molecule has 2 nitrogen and oxygen atoms in total. The van der Waals surface area contributed by atoms with Gasteiger partial charge in [0.05, 0.1) is 5.56 Å². The summed E-state index contributed by atoms with van der Waals surface area (Å²) in [6.07, 6.45) is 6.22. The average Bonchev–Trinajstić information content (AvgIpc) is 2.98. The van der Waals surface area contributed by atoms with E-state index in [1.54, 1.807) is 20.0 Å². The van der Waals surface area contributed by atoms with E-state index in [0.29, 0.717) is 5.56 Å². The first-order valence-corrected chi connectivity index (χ1v) is 8.59. The van der Waals surface area contributed by atoms with Crippen molar-refractivity contribution >= 4 is 0 Å². The molecule has 126 valence electrons. The molecule has 0 radical (unpaired) electrons. The summed E-state index contributed by atoms with van der Waals surface area (Å²) in [5.74, 6) is -1.02. The van der Waals surface area contributed by atoms with Crippen LogP contribution in [-0.4, -0.2) is 4.98 Å². The zero-order chi connectivity index (χ0) is 21.1. The molecule has 0 saturated heterocycles. The molecule has 1 aliphatic carbocycles. The van der Waals surface area contributed by atoms with Gasteiger partial charge < -0.3 is 0 Å². The van der Waals surface area contributed by atoms with Crippen molar-refractivity contribution in [2.45, 2.75) is 39.9 Å². The lowest BCUT2D eigenvalue weighted by Gasteiger charge is -2.14. The molecule has 0 spiro atoms. The smallest absolute Gasteiger partial charge is 0.213 e. The predicted molar refractivity (Wildman–Crippen MR) is 103 cm³/mol. The Balaban J connectivity index is 2.00. The molecule has 2 aromatic heterocycles. The number of nitrogens with zero attached hydrogens (tertiary/aromatic N) is 2. The van der Waals surface area contributed by atoms with Crippen molar-refractivity contribution in [1.82, 2.24) is 4.98 Å². The summed E-state index contributed by atoms with van der Waals surface area (Å²) in [6, 6.07) is 8.23. The van der Waals surface area contributed by atoms with Crippen molar-refractivity contribution in [3.63, 3.8) is 0 Å². The Kier molecular flexibility index (Phi) is 2.78. The highest BCUT2D eigenvalue weighted by atomic mass is 14.9. The number of hydrogen-bond donors (Lipinski definition) is 0. The van der Waals surface area contributed by atoms with Crippen molar-refractivity contribution < 1.29 is 10.1 Å². The van der Waals surface area contributed by atoms with E-state index in [1.165, 1.54) is 22.3 Å². The van der Waals surface area contributed by atoms with Gasteiger partial charge >= 0.3 is 0 Å². The molecule has 0 bridgehead atoms. The summed E-state index contributed by atoms with van der Waals surface area (Å²) in [7, 11) is 1.88. The van der Waals surface area contributed by atoms with Crippen LogP contribution in [0.4, 0.5) is 0 Å². The van der Waals surface area contributed by atoms with Gasteiger partial charge in [-0.3, -0.25) is 4.98 Å². The largest absolute Gasteiger partial charge is 0.264 e. The lowest BCUT2D eigenvalue weighted by atomic mass is 9.91. The van der Waals surface area contributed by atoms with E-state index < -0.39 is 12.7 Å². The van der Waals surface area contributed by atoms with Crippen LogP contribution in [-0.2, 0) is 13.5 Å². The van der Waals surface area contributed by atoms with Crippen LogP contribution in [0.1, 0.15) is 53.0 Å². The van der Waals surface area contributed by atoms with Gasteiger partial charge in [-0.25, -0.2) is 4.57 Å². The zero-order valence-corrected chi connectivity index (χ0v) is 15.1. The minimum absolute atomic E-state index is 0.237. The molecule has 1 aliphatic rings. The fourth-order valence-corrected chi connectivity index (χ4v) is 3.89. The minimum atomic E-state index is -2.26. The first-order chi connectivity index (χ1) is 13.5. The van der Waals surface area contributed by atoms with Crippen molar-refractivity contribution in [1.29, 1.82) is 0 Å². The number of benzene rings is 1. The third-order valence-electron chi connectivity index (χ3n) is 5.15. The number of rotatable bonds is 2. The average molecular weight is 333 g/mol. The highest BCUT2D eigenvalue weighted by molar-refractivity contribution is 5.84. The van der Waals surface area contributed by atoms with Gasteiger partial charge in [-0.1, -0.05) is 26.0 Å². The molecule has 0 saturated carbocycles. The molecule has 25 heavy (non-hydrogen) atoms. The number of hydrogen-bond acceptors (Lipinski definition) is 1. The number of fused-ring (bicyclic) bond motifs is 3. The van der Waals surface area contributed by atoms with Gasteiger partial charge in [0.15, 0.2) is 6.20 Å². The van der Waals surface area contributed by atoms with E-state index in [-0.39, 0.29) is 5.56 Å². The highest BCUT2D eigenvalue weighted by Crippen LogP contribution is 2.42. The topological polar surface area (TPSA) is 16.8 Å². The summed E-state index contributed by atoms with van der Waals surface area (Å²) in [6.45, 7) is 3.30. The second-order valence-corrected chi connectivity index (χ2v) is 7.09. The Labute approximate surface area is 155 Å². The van der Waals surface area contributed by atoms with Crippen LogP contribution >= 0.6 is 0 Å². The van der Waals surface area contributed by atoms with Gasteiger partial charge in [0.1, 0.15) is 7.05 Å². The minimum Gasteiger partial charge on any atom is -0.264 e. The predicted octanol–water partition coefficient (Wildman–Crippen LogP) is 4.88. The van der Waals surface area contributed by atoms with E-state index in [1.807, 2.05) is 30.1 Å². The Morgan fingerprint density at radius 2 is 2.04 bits per heavy atom. The Morgan fingerprint density at radius 1 is 1.20 bits per heavy atom. The van der Waals surface area contributed by atoms with Crippen molar-refractivity contribution in [2.75, 3.05) is 0 Å². The van der Waals surface area contributed by atoms with E-state index >= 15 is 0 Å². The van der Waals surface area contributed by atoms with Crippen LogP contribution in [0.3, 0.4) is 0 Å². The van der Waals surface area contributed by atoms with Gasteiger partial charge in [-0.15, -0.1) is 0 Å². The third kappa shape index (κ3) is 2.48. The molecule has 3 aromatic rings. The summed E-state index contributed by atoms with van der Waals surface area (Å²) in [4.78, 5) is 4.27. The van der Waals surface area contributed by atoms with E-state index in [0.717, 1.165) is 23.2 Å². The van der Waals surface area contributed by atoms with Gasteiger partial charge in [0, 0.05) is 35.9 Å². The molecule has 0 atom stereocenters. The van der Waals surface area contributed by atoms with E-state index in [9.17, 15) is 0 Å². The Hall–Kier alpha value is -2.48. The van der Waals surface area contributed by atoms with Crippen LogP contribution < -0.4 is 4.57 Å². The number of aryl methyl sites for hydroxylation is 3. The second-order valence-electron chi connectivity index (χ2n) is 7.09. The van der Waals surface area contributed by atoms with Crippen molar-refractivity contribution in [3.05, 3.63) is 70.7 Å². The van der Waals surface area contributed by atoms with Crippen LogP contribution in [0, 0.1) is 13.8 Å². The Morgan fingerprint density at radius 3 is 2.80 bits per heavy atom. The number of pyridine rings is 2. The molecule has 0 fully saturated rings. The molecule has 0 amide bonds. The van der Waals surface area contributed by atoms with Gasteiger partial charge in [-0.2, -0.15) is 0 Å². The van der Waals surface area contributed by atoms with Crippen molar-refractivity contribution in [2.24, 2.45) is 7.05 Å². The molecule has 2 heteroatoms. The number of aromatic nitrogens is 2. The fourth-order valence-electron chi connectivity index (χ4n) is 3.89. The normalized spacial score (nSPS) is 15.7. The fraction of sp³-hybridized carbons (Fsp3) is 0.304. The van der Waals surface area contributed by atoms with Gasteiger partial charge in [-0.05, 0) is 59.1 Å². The first-order valence-electron chi connectivity index (χ1n) is 10.6. The molecular weight excluding hydrogens is 304 g/mol. The maximum absolute atomic E-state index is 8.57. The zero-order valence-electron chi connectivity index (χ0n) is 19.1. The summed E-state index contributed by atoms with van der Waals surface area (Å²) in [5, 5.41) is 0. The molecule has 0 aliphatic heterocycles. The third-order valence-corrected chi connectivity index (χ3v) is 5.15. The molecular formula is C23H25N2+. The highest BCUT2D eigenvalue weighted by Gasteiger charge is 2.27. The molecule has 2 heterocycles. The van der Waals surface area contributed by atoms with E-state index in [2.05, 4.69) is 30.1 Å². The maximum Gasteiger partial charge on any atom is 0.213 e. The van der Waals surface area contributed by atoms with Crippen LogP contribution in [0.5, 0.6) is 0 Å². The monoisotopic (exact) mass is 333 g/mol. The lowest BCUT2D eigenvalue weighted by molar-refractivity contribution is -0.660. The molecule has 0 unspecified atom stereocenters. The van der Waals surface area contributed by atoms with Crippen LogP contribution in [0.25, 0.3) is 22.4 Å². The standard InChI is InChI=1S/C23H25N2/c1-14(2)20-11-22(25(5)13-16(20)4)23-15(3)6-7-19-18-8-9-24-12-17(18)10-21(19)23/h6-9,11-14H,10H2,1-5H3/q+1/i4D3,14D. The summed E-state index contributed by atoms with van der Waals surface area (Å²) in [5.41, 5.74) is 8.81. The molecule has 4 rings (SSSR count). The van der Waals surface area contributed by atoms with E-state index in [4.69, 9.17) is 5.48 Å². The van der Waals surface area contributed by atoms with Gasteiger partial charge in [0.2, 0.25) is 5.69 Å². The second kappa shape index (κ2) is 5.80. The first kappa shape index (κ1) is 12.0. The summed E-state index contributed by atoms with van der Waals surface area (Å²) >= 11 is 0. The van der Waals surface area contributed by atoms with Crippen molar-refractivity contribution in [3.8, 4) is 22.4 Å². The quantitative estimate of drug-likeness (QED) is 0.478. The summed E-state index contributed by atoms with van der Waals surface area (Å²) < 4.78 is 34.3. The molecule has 1 aromatic carbocycles. The Bertz CT molecular complexity index is 1120.